The van der Waals surface area contributed by atoms with E-state index in [0.29, 0.717) is 6.42 Å². The zero-order valence-corrected chi connectivity index (χ0v) is 10.4. The molecule has 0 bridgehead atoms. The zero-order valence-electron chi connectivity index (χ0n) is 10.4. The van der Waals surface area contributed by atoms with Crippen LogP contribution in [0.25, 0.3) is 0 Å². The van der Waals surface area contributed by atoms with E-state index in [9.17, 15) is 4.79 Å². The molecule has 0 radical (unpaired) electrons. The Hall–Kier alpha value is -0.610. The third-order valence-corrected chi connectivity index (χ3v) is 3.48. The number of nitrogens with zero attached hydrogens (tertiary/aromatic N) is 1. The van der Waals surface area contributed by atoms with Crippen molar-refractivity contribution >= 4 is 5.91 Å². The topological polar surface area (TPSA) is 58.4 Å². The molecule has 1 saturated carbocycles. The molecule has 1 aliphatic rings. The van der Waals surface area contributed by atoms with Crippen molar-refractivity contribution in [3.8, 4) is 0 Å². The van der Waals surface area contributed by atoms with Gasteiger partial charge in [-0.25, -0.2) is 5.84 Å². The van der Waals surface area contributed by atoms with E-state index in [4.69, 9.17) is 5.84 Å². The Morgan fingerprint density at radius 3 is 2.69 bits per heavy atom. The maximum Gasteiger partial charge on any atom is 0.233 e. The predicted molar refractivity (Wildman–Crippen MR) is 65.6 cm³/mol. The predicted octanol–water partition coefficient (Wildman–Crippen LogP) is 1.27. The molecule has 3 N–H and O–H groups in total. The number of carbonyl (C=O) groups is 1. The highest BCUT2D eigenvalue weighted by atomic mass is 16.2. The van der Waals surface area contributed by atoms with Gasteiger partial charge in [-0.15, -0.1) is 0 Å². The first-order chi connectivity index (χ1) is 7.76. The third kappa shape index (κ3) is 4.94. The highest BCUT2D eigenvalue weighted by molar-refractivity contribution is 5.75. The molecule has 1 amide bonds. The van der Waals surface area contributed by atoms with E-state index in [0.717, 1.165) is 31.8 Å². The van der Waals surface area contributed by atoms with Crippen molar-refractivity contribution in [1.82, 2.24) is 10.3 Å². The lowest BCUT2D eigenvalue weighted by molar-refractivity contribution is -0.121. The molecule has 0 saturated heterocycles. The summed E-state index contributed by atoms with van der Waals surface area (Å²) in [7, 11) is 0. The van der Waals surface area contributed by atoms with Gasteiger partial charge in [0.25, 0.3) is 0 Å². The van der Waals surface area contributed by atoms with E-state index in [2.05, 4.69) is 17.2 Å². The molecule has 0 aromatic heterocycles. The van der Waals surface area contributed by atoms with Crippen molar-refractivity contribution in [3.05, 3.63) is 0 Å². The number of hydrazine groups is 1. The van der Waals surface area contributed by atoms with Crippen LogP contribution in [0.4, 0.5) is 0 Å². The van der Waals surface area contributed by atoms with Crippen LogP contribution in [0.3, 0.4) is 0 Å². The zero-order chi connectivity index (χ0) is 11.8. The minimum Gasteiger partial charge on any atom is -0.303 e. The Balaban J connectivity index is 2.01. The van der Waals surface area contributed by atoms with E-state index >= 15 is 0 Å². The molecular formula is C12H25N3O. The molecule has 94 valence electrons. The second kappa shape index (κ2) is 7.63. The molecule has 0 aromatic rings. The molecule has 16 heavy (non-hydrogen) atoms. The molecule has 1 rings (SSSR count). The lowest BCUT2D eigenvalue weighted by Gasteiger charge is -2.31. The summed E-state index contributed by atoms with van der Waals surface area (Å²) >= 11 is 0. The average molecular weight is 227 g/mol. The SMILES string of the molecule is CCN(CCCCC(=O)NN)CC1CCC1. The molecule has 4 heteroatoms. The fraction of sp³-hybridized carbons (Fsp3) is 0.917. The van der Waals surface area contributed by atoms with Gasteiger partial charge in [0.2, 0.25) is 5.91 Å². The summed E-state index contributed by atoms with van der Waals surface area (Å²) in [6.07, 6.45) is 6.81. The van der Waals surface area contributed by atoms with Crippen molar-refractivity contribution in [2.24, 2.45) is 11.8 Å². The van der Waals surface area contributed by atoms with Crippen molar-refractivity contribution in [1.29, 1.82) is 0 Å². The molecule has 0 aliphatic heterocycles. The number of hydrogen-bond acceptors (Lipinski definition) is 3. The fourth-order valence-electron chi connectivity index (χ4n) is 2.11. The first-order valence-electron chi connectivity index (χ1n) is 6.48. The van der Waals surface area contributed by atoms with Gasteiger partial charge in [0.15, 0.2) is 0 Å². The van der Waals surface area contributed by atoms with Gasteiger partial charge in [-0.2, -0.15) is 0 Å². The summed E-state index contributed by atoms with van der Waals surface area (Å²) in [4.78, 5) is 13.4. The first-order valence-corrected chi connectivity index (χ1v) is 6.48. The fourth-order valence-corrected chi connectivity index (χ4v) is 2.11. The second-order valence-electron chi connectivity index (χ2n) is 4.71. The molecule has 0 atom stereocenters. The summed E-state index contributed by atoms with van der Waals surface area (Å²) < 4.78 is 0. The van der Waals surface area contributed by atoms with Crippen LogP contribution in [0.1, 0.15) is 45.4 Å². The largest absolute Gasteiger partial charge is 0.303 e. The van der Waals surface area contributed by atoms with Crippen LogP contribution < -0.4 is 11.3 Å². The Bertz CT molecular complexity index is 204. The van der Waals surface area contributed by atoms with Gasteiger partial charge in [-0.05, 0) is 44.7 Å². The number of rotatable bonds is 8. The lowest BCUT2D eigenvalue weighted by Crippen LogP contribution is -2.33. The minimum absolute atomic E-state index is 0.0537. The number of amides is 1. The monoisotopic (exact) mass is 227 g/mol. The van der Waals surface area contributed by atoms with Gasteiger partial charge in [0.05, 0.1) is 0 Å². The van der Waals surface area contributed by atoms with Crippen LogP contribution in [-0.4, -0.2) is 30.4 Å². The average Bonchev–Trinajstić information content (AvgIpc) is 2.25. The van der Waals surface area contributed by atoms with Gasteiger partial charge in [-0.3, -0.25) is 10.2 Å². The maximum atomic E-state index is 10.9. The molecule has 1 aliphatic carbocycles. The molecule has 0 aromatic carbocycles. The highest BCUT2D eigenvalue weighted by Crippen LogP contribution is 2.27. The Morgan fingerprint density at radius 2 is 2.19 bits per heavy atom. The minimum atomic E-state index is -0.0537. The van der Waals surface area contributed by atoms with Crippen LogP contribution in [0.15, 0.2) is 0 Å². The van der Waals surface area contributed by atoms with Crippen molar-refractivity contribution in [2.75, 3.05) is 19.6 Å². The van der Waals surface area contributed by atoms with Gasteiger partial charge in [0, 0.05) is 13.0 Å². The van der Waals surface area contributed by atoms with Gasteiger partial charge in [0.1, 0.15) is 0 Å². The number of nitrogens with one attached hydrogen (secondary N) is 1. The number of carbonyl (C=O) groups excluding carboxylic acids is 1. The van der Waals surface area contributed by atoms with Crippen LogP contribution in [0.5, 0.6) is 0 Å². The van der Waals surface area contributed by atoms with Crippen molar-refractivity contribution < 1.29 is 4.79 Å². The van der Waals surface area contributed by atoms with Crippen LogP contribution in [0.2, 0.25) is 0 Å². The van der Waals surface area contributed by atoms with Gasteiger partial charge in [-0.1, -0.05) is 13.3 Å². The standard InChI is InChI=1S/C12H25N3O/c1-2-15(10-11-6-5-7-11)9-4-3-8-12(16)14-13/h11H,2-10,13H2,1H3,(H,14,16). The Kier molecular flexibility index (Phi) is 6.42. The summed E-state index contributed by atoms with van der Waals surface area (Å²) in [5.41, 5.74) is 2.17. The molecule has 1 fully saturated rings. The van der Waals surface area contributed by atoms with Gasteiger partial charge >= 0.3 is 0 Å². The van der Waals surface area contributed by atoms with Crippen molar-refractivity contribution in [3.63, 3.8) is 0 Å². The van der Waals surface area contributed by atoms with E-state index in [1.807, 2.05) is 0 Å². The maximum absolute atomic E-state index is 10.9. The van der Waals surface area contributed by atoms with E-state index in [-0.39, 0.29) is 5.91 Å². The van der Waals surface area contributed by atoms with Crippen LogP contribution in [0, 0.1) is 5.92 Å². The Labute approximate surface area is 98.5 Å². The molecular weight excluding hydrogens is 202 g/mol. The van der Waals surface area contributed by atoms with Crippen molar-refractivity contribution in [2.45, 2.75) is 45.4 Å². The van der Waals surface area contributed by atoms with Crippen LogP contribution >= 0.6 is 0 Å². The second-order valence-corrected chi connectivity index (χ2v) is 4.71. The molecule has 0 heterocycles. The smallest absolute Gasteiger partial charge is 0.233 e. The molecule has 0 unspecified atom stereocenters. The van der Waals surface area contributed by atoms with Gasteiger partial charge < -0.3 is 4.90 Å². The first kappa shape index (κ1) is 13.5. The molecule has 0 spiro atoms. The third-order valence-electron chi connectivity index (χ3n) is 3.48. The van der Waals surface area contributed by atoms with E-state index in [1.165, 1.54) is 25.8 Å². The quantitative estimate of drug-likeness (QED) is 0.284. The summed E-state index contributed by atoms with van der Waals surface area (Å²) in [6, 6.07) is 0. The van der Waals surface area contributed by atoms with Crippen LogP contribution in [-0.2, 0) is 4.79 Å². The summed E-state index contributed by atoms with van der Waals surface area (Å²) in [6.45, 7) is 5.70. The number of unbranched alkanes of at least 4 members (excludes halogenated alkanes) is 1. The number of hydrogen-bond donors (Lipinski definition) is 2. The highest BCUT2D eigenvalue weighted by Gasteiger charge is 2.19. The molecule has 4 nitrogen and oxygen atoms in total. The summed E-state index contributed by atoms with van der Waals surface area (Å²) in [5.74, 6) is 5.91. The van der Waals surface area contributed by atoms with E-state index in [1.54, 1.807) is 0 Å². The number of nitrogens with two attached hydrogens (primary N) is 1. The normalized spacial score (nSPS) is 16.2. The lowest BCUT2D eigenvalue weighted by atomic mass is 9.85. The Morgan fingerprint density at radius 1 is 1.44 bits per heavy atom. The summed E-state index contributed by atoms with van der Waals surface area (Å²) in [5, 5.41) is 0. The van der Waals surface area contributed by atoms with E-state index < -0.39 is 0 Å².